The molecule has 0 aliphatic carbocycles. The molecule has 130 valence electrons. The fourth-order valence-corrected chi connectivity index (χ4v) is 2.74. The van der Waals surface area contributed by atoms with Gasteiger partial charge in [-0.3, -0.25) is 0 Å². The molecule has 1 unspecified atom stereocenters. The smallest absolute Gasteiger partial charge is 0.330 e. The van der Waals surface area contributed by atoms with Gasteiger partial charge in [0.05, 0.1) is 0 Å². The minimum atomic E-state index is -0.790. The molecular weight excluding hydrogens is 272 g/mol. The fraction of sp³-hybridized carbons (Fsp3) is 0.850. The first-order valence-electron chi connectivity index (χ1n) is 9.48. The molecule has 0 bridgehead atoms. The third kappa shape index (κ3) is 14.2. The van der Waals surface area contributed by atoms with E-state index in [-0.39, 0.29) is 0 Å². The summed E-state index contributed by atoms with van der Waals surface area (Å²) >= 11 is 0. The van der Waals surface area contributed by atoms with Gasteiger partial charge in [-0.05, 0) is 19.3 Å². The molecule has 0 aromatic heterocycles. The number of rotatable bonds is 15. The topological polar surface area (TPSA) is 37.3 Å². The molecule has 0 rings (SSSR count). The van der Waals surface area contributed by atoms with Crippen LogP contribution in [0.1, 0.15) is 104 Å². The molecule has 0 radical (unpaired) electrons. The van der Waals surface area contributed by atoms with Crippen molar-refractivity contribution in [2.24, 2.45) is 5.92 Å². The van der Waals surface area contributed by atoms with Gasteiger partial charge in [-0.15, -0.1) is 0 Å². The lowest BCUT2D eigenvalue weighted by Crippen LogP contribution is -1.98. The summed E-state index contributed by atoms with van der Waals surface area (Å²) in [6.07, 6.45) is 19.2. The monoisotopic (exact) mass is 310 g/mol. The van der Waals surface area contributed by atoms with Crippen molar-refractivity contribution in [3.05, 3.63) is 11.6 Å². The van der Waals surface area contributed by atoms with Crippen molar-refractivity contribution in [1.29, 1.82) is 0 Å². The molecule has 2 heteroatoms. The highest BCUT2D eigenvalue weighted by Crippen LogP contribution is 2.16. The normalized spacial score (nSPS) is 13.3. The summed E-state index contributed by atoms with van der Waals surface area (Å²) in [4.78, 5) is 10.7. The number of hydrogen-bond acceptors (Lipinski definition) is 1. The van der Waals surface area contributed by atoms with Crippen LogP contribution in [0.2, 0.25) is 0 Å². The van der Waals surface area contributed by atoms with Crippen LogP contribution in [-0.4, -0.2) is 11.1 Å². The molecule has 1 N–H and O–H groups in total. The van der Waals surface area contributed by atoms with Gasteiger partial charge in [0.2, 0.25) is 0 Å². The van der Waals surface area contributed by atoms with Crippen molar-refractivity contribution >= 4 is 5.97 Å². The molecule has 0 aliphatic rings. The molecule has 0 amide bonds. The van der Waals surface area contributed by atoms with Gasteiger partial charge in [-0.2, -0.15) is 0 Å². The predicted octanol–water partition coefficient (Wildman–Crippen LogP) is 6.74. The maximum absolute atomic E-state index is 10.7. The SMILES string of the molecule is CCCCCCCCCCCCCC(C)CC=C(C)C(=O)O. The van der Waals surface area contributed by atoms with Crippen LogP contribution in [0.15, 0.2) is 11.6 Å². The minimum absolute atomic E-state index is 0.478. The number of carboxylic acid groups (broad SMARTS) is 1. The lowest BCUT2D eigenvalue weighted by atomic mass is 9.98. The minimum Gasteiger partial charge on any atom is -0.478 e. The second-order valence-electron chi connectivity index (χ2n) is 6.86. The molecule has 0 saturated carbocycles. The summed E-state index contributed by atoms with van der Waals surface area (Å²) in [5.41, 5.74) is 0.478. The van der Waals surface area contributed by atoms with E-state index in [9.17, 15) is 4.79 Å². The Morgan fingerprint density at radius 3 is 1.82 bits per heavy atom. The quantitative estimate of drug-likeness (QED) is 0.268. The molecule has 1 atom stereocenters. The molecular formula is C20H38O2. The number of allylic oxidation sites excluding steroid dienone is 1. The van der Waals surface area contributed by atoms with Gasteiger partial charge < -0.3 is 5.11 Å². The third-order valence-corrected chi connectivity index (χ3v) is 4.46. The highest BCUT2D eigenvalue weighted by Gasteiger charge is 2.03. The van der Waals surface area contributed by atoms with Gasteiger partial charge in [0.15, 0.2) is 0 Å². The van der Waals surface area contributed by atoms with E-state index in [1.165, 1.54) is 77.0 Å². The Morgan fingerprint density at radius 1 is 0.909 bits per heavy atom. The Balaban J connectivity index is 3.32. The molecule has 0 spiro atoms. The summed E-state index contributed by atoms with van der Waals surface area (Å²) in [7, 11) is 0. The summed E-state index contributed by atoms with van der Waals surface area (Å²) in [5.74, 6) is -0.185. The largest absolute Gasteiger partial charge is 0.478 e. The maximum Gasteiger partial charge on any atom is 0.330 e. The Morgan fingerprint density at radius 2 is 1.36 bits per heavy atom. The molecule has 22 heavy (non-hydrogen) atoms. The third-order valence-electron chi connectivity index (χ3n) is 4.46. The van der Waals surface area contributed by atoms with Crippen molar-refractivity contribution in [3.63, 3.8) is 0 Å². The van der Waals surface area contributed by atoms with Gasteiger partial charge in [-0.1, -0.05) is 97.0 Å². The lowest BCUT2D eigenvalue weighted by Gasteiger charge is -2.09. The zero-order chi connectivity index (χ0) is 16.6. The first kappa shape index (κ1) is 21.2. The molecule has 0 aliphatic heterocycles. The van der Waals surface area contributed by atoms with Crippen molar-refractivity contribution in [1.82, 2.24) is 0 Å². The molecule has 2 nitrogen and oxygen atoms in total. The van der Waals surface area contributed by atoms with Crippen molar-refractivity contribution < 1.29 is 9.90 Å². The second kappa shape index (κ2) is 15.1. The van der Waals surface area contributed by atoms with Crippen molar-refractivity contribution in [3.8, 4) is 0 Å². The Labute approximate surface area is 138 Å². The molecule has 0 aromatic carbocycles. The Kier molecular flexibility index (Phi) is 14.6. The second-order valence-corrected chi connectivity index (χ2v) is 6.86. The molecule has 0 aromatic rings. The number of carboxylic acids is 1. The molecule has 0 fully saturated rings. The first-order valence-corrected chi connectivity index (χ1v) is 9.48. The number of aliphatic carboxylic acids is 1. The zero-order valence-corrected chi connectivity index (χ0v) is 15.2. The fourth-order valence-electron chi connectivity index (χ4n) is 2.74. The van der Waals surface area contributed by atoms with E-state index in [1.807, 2.05) is 6.08 Å². The van der Waals surface area contributed by atoms with Crippen LogP contribution in [0.4, 0.5) is 0 Å². The van der Waals surface area contributed by atoms with Gasteiger partial charge in [0.1, 0.15) is 0 Å². The summed E-state index contributed by atoms with van der Waals surface area (Å²) in [5, 5.41) is 8.80. The van der Waals surface area contributed by atoms with E-state index in [2.05, 4.69) is 13.8 Å². The van der Waals surface area contributed by atoms with Crippen molar-refractivity contribution in [2.75, 3.05) is 0 Å². The first-order chi connectivity index (χ1) is 10.6. The van der Waals surface area contributed by atoms with Gasteiger partial charge >= 0.3 is 5.97 Å². The van der Waals surface area contributed by atoms with Gasteiger partial charge in [0.25, 0.3) is 0 Å². The van der Waals surface area contributed by atoms with Crippen LogP contribution >= 0.6 is 0 Å². The number of unbranched alkanes of at least 4 members (excludes halogenated alkanes) is 10. The highest BCUT2D eigenvalue weighted by molar-refractivity contribution is 5.85. The Hall–Kier alpha value is -0.790. The van der Waals surface area contributed by atoms with Crippen molar-refractivity contribution in [2.45, 2.75) is 104 Å². The van der Waals surface area contributed by atoms with Gasteiger partial charge in [-0.25, -0.2) is 4.79 Å². The summed E-state index contributed by atoms with van der Waals surface area (Å²) in [6, 6.07) is 0. The average Bonchev–Trinajstić information content (AvgIpc) is 2.50. The maximum atomic E-state index is 10.7. The summed E-state index contributed by atoms with van der Waals surface area (Å²) in [6.45, 7) is 6.17. The number of hydrogen-bond donors (Lipinski definition) is 1. The summed E-state index contributed by atoms with van der Waals surface area (Å²) < 4.78 is 0. The Bertz CT molecular complexity index is 294. The van der Waals surface area contributed by atoms with Crippen LogP contribution in [0, 0.1) is 5.92 Å². The molecule has 0 heterocycles. The van der Waals surface area contributed by atoms with Crippen LogP contribution < -0.4 is 0 Å². The average molecular weight is 311 g/mol. The van der Waals surface area contributed by atoms with E-state index >= 15 is 0 Å². The predicted molar refractivity (Wildman–Crippen MR) is 96.3 cm³/mol. The van der Waals surface area contributed by atoms with E-state index in [4.69, 9.17) is 5.11 Å². The van der Waals surface area contributed by atoms with Crippen LogP contribution in [-0.2, 0) is 4.79 Å². The zero-order valence-electron chi connectivity index (χ0n) is 15.2. The highest BCUT2D eigenvalue weighted by atomic mass is 16.4. The lowest BCUT2D eigenvalue weighted by molar-refractivity contribution is -0.132. The van der Waals surface area contributed by atoms with Gasteiger partial charge in [0, 0.05) is 5.57 Å². The van der Waals surface area contributed by atoms with Crippen LogP contribution in [0.5, 0.6) is 0 Å². The standard InChI is InChI=1S/C20H38O2/c1-4-5-6-7-8-9-10-11-12-13-14-15-18(2)16-17-19(3)20(21)22/h17-18H,4-16H2,1-3H3,(H,21,22). The van der Waals surface area contributed by atoms with Crippen LogP contribution in [0.25, 0.3) is 0 Å². The van der Waals surface area contributed by atoms with E-state index in [0.717, 1.165) is 6.42 Å². The van der Waals surface area contributed by atoms with E-state index in [0.29, 0.717) is 11.5 Å². The number of carbonyl (C=O) groups is 1. The molecule has 0 saturated heterocycles. The van der Waals surface area contributed by atoms with E-state index in [1.54, 1.807) is 6.92 Å². The van der Waals surface area contributed by atoms with Crippen LogP contribution in [0.3, 0.4) is 0 Å². The van der Waals surface area contributed by atoms with E-state index < -0.39 is 5.97 Å².